The van der Waals surface area contributed by atoms with Gasteiger partial charge in [-0.2, -0.15) is 0 Å². The summed E-state index contributed by atoms with van der Waals surface area (Å²) in [5, 5.41) is 6.60. The standard InChI is InChI=1S/C22H31FN6/c1-3-28-12-14-29(15-13-28)21-9-6-19(16-26-21)17-27-22(24-2)25-11-10-18-4-7-20(23)8-5-18/h4-9,16H,3,10-15,17H2,1-2H3,(H2,24,25,27). The van der Waals surface area contributed by atoms with Gasteiger partial charge in [-0.05, 0) is 42.3 Å². The zero-order valence-corrected chi connectivity index (χ0v) is 17.4. The molecule has 1 aliphatic heterocycles. The van der Waals surface area contributed by atoms with E-state index in [2.05, 4.69) is 49.5 Å². The summed E-state index contributed by atoms with van der Waals surface area (Å²) in [6, 6.07) is 10.8. The van der Waals surface area contributed by atoms with Gasteiger partial charge >= 0.3 is 0 Å². The minimum Gasteiger partial charge on any atom is -0.356 e. The summed E-state index contributed by atoms with van der Waals surface area (Å²) >= 11 is 0. The summed E-state index contributed by atoms with van der Waals surface area (Å²) in [5.41, 5.74) is 2.20. The third-order valence-electron chi connectivity index (χ3n) is 5.26. The van der Waals surface area contributed by atoms with Crippen molar-refractivity contribution < 1.29 is 4.39 Å². The molecule has 1 saturated heterocycles. The van der Waals surface area contributed by atoms with Crippen LogP contribution in [0.25, 0.3) is 0 Å². The number of anilines is 1. The maximum absolute atomic E-state index is 13.0. The van der Waals surface area contributed by atoms with Crippen LogP contribution in [-0.2, 0) is 13.0 Å². The van der Waals surface area contributed by atoms with Gasteiger partial charge in [-0.3, -0.25) is 4.99 Å². The van der Waals surface area contributed by atoms with Crippen LogP contribution in [0.5, 0.6) is 0 Å². The zero-order chi connectivity index (χ0) is 20.5. The average molecular weight is 399 g/mol. The van der Waals surface area contributed by atoms with Crippen molar-refractivity contribution in [2.24, 2.45) is 4.99 Å². The van der Waals surface area contributed by atoms with Gasteiger partial charge in [-0.1, -0.05) is 25.1 Å². The number of piperazine rings is 1. The molecule has 1 fully saturated rings. The van der Waals surface area contributed by atoms with Crippen molar-refractivity contribution in [2.75, 3.05) is 51.2 Å². The van der Waals surface area contributed by atoms with E-state index in [9.17, 15) is 4.39 Å². The summed E-state index contributed by atoms with van der Waals surface area (Å²) in [5.74, 6) is 1.58. The number of nitrogens with zero attached hydrogens (tertiary/aromatic N) is 4. The highest BCUT2D eigenvalue weighted by molar-refractivity contribution is 5.79. The Kier molecular flexibility index (Phi) is 7.81. The van der Waals surface area contributed by atoms with Gasteiger partial charge < -0.3 is 20.4 Å². The van der Waals surface area contributed by atoms with Gasteiger partial charge in [0, 0.05) is 52.5 Å². The monoisotopic (exact) mass is 398 g/mol. The first-order valence-corrected chi connectivity index (χ1v) is 10.3. The molecule has 0 bridgehead atoms. The minimum atomic E-state index is -0.206. The Morgan fingerprint density at radius 3 is 2.38 bits per heavy atom. The third kappa shape index (κ3) is 6.42. The molecule has 29 heavy (non-hydrogen) atoms. The molecule has 3 rings (SSSR count). The molecule has 0 amide bonds. The van der Waals surface area contributed by atoms with E-state index < -0.39 is 0 Å². The van der Waals surface area contributed by atoms with Crippen molar-refractivity contribution in [3.8, 4) is 0 Å². The highest BCUT2D eigenvalue weighted by atomic mass is 19.1. The highest BCUT2D eigenvalue weighted by Crippen LogP contribution is 2.14. The number of hydrogen-bond donors (Lipinski definition) is 2. The normalized spacial score (nSPS) is 15.4. The fourth-order valence-corrected chi connectivity index (χ4v) is 3.38. The average Bonchev–Trinajstić information content (AvgIpc) is 2.78. The first kappa shape index (κ1) is 21.0. The third-order valence-corrected chi connectivity index (χ3v) is 5.26. The van der Waals surface area contributed by atoms with Crippen LogP contribution in [0, 0.1) is 5.82 Å². The first-order chi connectivity index (χ1) is 14.2. The molecule has 0 aliphatic carbocycles. The molecule has 1 aromatic heterocycles. The van der Waals surface area contributed by atoms with Gasteiger partial charge in [0.2, 0.25) is 0 Å². The molecule has 0 saturated carbocycles. The summed E-state index contributed by atoms with van der Waals surface area (Å²) in [6.45, 7) is 8.97. The largest absolute Gasteiger partial charge is 0.356 e. The van der Waals surface area contributed by atoms with Crippen molar-refractivity contribution in [2.45, 2.75) is 19.9 Å². The second-order valence-electron chi connectivity index (χ2n) is 7.17. The molecule has 6 nitrogen and oxygen atoms in total. The summed E-state index contributed by atoms with van der Waals surface area (Å²) in [4.78, 5) is 13.7. The molecule has 2 aromatic rings. The Hall–Kier alpha value is -2.67. The number of aromatic nitrogens is 1. The van der Waals surface area contributed by atoms with Gasteiger partial charge in [0.05, 0.1) is 0 Å². The molecular formula is C22H31FN6. The van der Waals surface area contributed by atoms with Crippen LogP contribution >= 0.6 is 0 Å². The number of nitrogens with one attached hydrogen (secondary N) is 2. The van der Waals surface area contributed by atoms with Crippen molar-refractivity contribution in [1.82, 2.24) is 20.5 Å². The molecule has 0 unspecified atom stereocenters. The summed E-state index contributed by atoms with van der Waals surface area (Å²) in [6.07, 6.45) is 2.74. The highest BCUT2D eigenvalue weighted by Gasteiger charge is 2.16. The smallest absolute Gasteiger partial charge is 0.191 e. The van der Waals surface area contributed by atoms with E-state index in [1.807, 2.05) is 18.3 Å². The Morgan fingerprint density at radius 1 is 1.03 bits per heavy atom. The van der Waals surface area contributed by atoms with E-state index in [4.69, 9.17) is 0 Å². The zero-order valence-electron chi connectivity index (χ0n) is 17.4. The number of likely N-dealkylation sites (N-methyl/N-ethyl adjacent to an activating group) is 1. The minimum absolute atomic E-state index is 0.206. The number of benzene rings is 1. The van der Waals surface area contributed by atoms with E-state index >= 15 is 0 Å². The molecule has 2 N–H and O–H groups in total. The molecule has 7 heteroatoms. The van der Waals surface area contributed by atoms with Crippen LogP contribution in [-0.4, -0.2) is 62.2 Å². The summed E-state index contributed by atoms with van der Waals surface area (Å²) in [7, 11) is 1.75. The van der Waals surface area contributed by atoms with Crippen molar-refractivity contribution >= 4 is 11.8 Å². The number of halogens is 1. The van der Waals surface area contributed by atoms with Gasteiger partial charge in [-0.15, -0.1) is 0 Å². The van der Waals surface area contributed by atoms with Crippen molar-refractivity contribution in [3.63, 3.8) is 0 Å². The quantitative estimate of drug-likeness (QED) is 0.554. The predicted octanol–water partition coefficient (Wildman–Crippen LogP) is 2.27. The Balaban J connectivity index is 1.41. The molecule has 0 atom stereocenters. The molecule has 0 radical (unpaired) electrons. The lowest BCUT2D eigenvalue weighted by atomic mass is 10.1. The molecule has 156 valence electrons. The maximum atomic E-state index is 13.0. The topological polar surface area (TPSA) is 55.8 Å². The van der Waals surface area contributed by atoms with Crippen LogP contribution < -0.4 is 15.5 Å². The molecule has 1 aromatic carbocycles. The van der Waals surface area contributed by atoms with Gasteiger partial charge in [0.1, 0.15) is 11.6 Å². The first-order valence-electron chi connectivity index (χ1n) is 10.3. The Labute approximate surface area is 172 Å². The lowest BCUT2D eigenvalue weighted by molar-refractivity contribution is 0.270. The number of hydrogen-bond acceptors (Lipinski definition) is 4. The van der Waals surface area contributed by atoms with E-state index in [0.29, 0.717) is 6.54 Å². The van der Waals surface area contributed by atoms with Crippen LogP contribution in [0.3, 0.4) is 0 Å². The van der Waals surface area contributed by atoms with Gasteiger partial charge in [0.15, 0.2) is 5.96 Å². The molecule has 2 heterocycles. The molecule has 1 aliphatic rings. The molecular weight excluding hydrogens is 367 g/mol. The maximum Gasteiger partial charge on any atom is 0.191 e. The van der Waals surface area contributed by atoms with E-state index in [1.54, 1.807) is 7.05 Å². The van der Waals surface area contributed by atoms with Crippen LogP contribution in [0.4, 0.5) is 10.2 Å². The van der Waals surface area contributed by atoms with Crippen molar-refractivity contribution in [1.29, 1.82) is 0 Å². The van der Waals surface area contributed by atoms with Crippen LogP contribution in [0.1, 0.15) is 18.1 Å². The Morgan fingerprint density at radius 2 is 1.76 bits per heavy atom. The van der Waals surface area contributed by atoms with Crippen molar-refractivity contribution in [3.05, 3.63) is 59.5 Å². The fourth-order valence-electron chi connectivity index (χ4n) is 3.38. The van der Waals surface area contributed by atoms with E-state index in [1.165, 1.54) is 12.1 Å². The van der Waals surface area contributed by atoms with Crippen LogP contribution in [0.2, 0.25) is 0 Å². The summed E-state index contributed by atoms with van der Waals surface area (Å²) < 4.78 is 13.0. The van der Waals surface area contributed by atoms with Gasteiger partial charge in [-0.25, -0.2) is 9.37 Å². The van der Waals surface area contributed by atoms with E-state index in [-0.39, 0.29) is 5.82 Å². The number of aliphatic imine (C=N–C) groups is 1. The molecule has 0 spiro atoms. The van der Waals surface area contributed by atoms with E-state index in [0.717, 1.165) is 68.6 Å². The second-order valence-corrected chi connectivity index (χ2v) is 7.17. The Bertz CT molecular complexity index is 767. The second kappa shape index (κ2) is 10.8. The number of rotatable bonds is 7. The lowest BCUT2D eigenvalue weighted by Crippen LogP contribution is -2.46. The fraction of sp³-hybridized carbons (Fsp3) is 0.455. The predicted molar refractivity (Wildman–Crippen MR) is 117 cm³/mol. The number of pyridine rings is 1. The number of guanidine groups is 1. The lowest BCUT2D eigenvalue weighted by Gasteiger charge is -2.34. The van der Waals surface area contributed by atoms with Crippen LogP contribution in [0.15, 0.2) is 47.6 Å². The SMILES string of the molecule is CCN1CCN(c2ccc(CNC(=NC)NCCc3ccc(F)cc3)cn2)CC1. The van der Waals surface area contributed by atoms with Gasteiger partial charge in [0.25, 0.3) is 0 Å².